The molecule has 0 N–H and O–H groups in total. The van der Waals surface area contributed by atoms with Gasteiger partial charge in [-0.25, -0.2) is 0 Å². The smallest absolute Gasteiger partial charge is 0.254 e. The quantitative estimate of drug-likeness (QED) is 0.676. The van der Waals surface area contributed by atoms with E-state index in [1.807, 2.05) is 34.1 Å². The molecule has 0 aromatic heterocycles. The Morgan fingerprint density at radius 1 is 1.00 bits per heavy atom. The number of hydrogen-bond donors (Lipinski definition) is 0. The summed E-state index contributed by atoms with van der Waals surface area (Å²) in [6, 6.07) is 7.78. The second kappa shape index (κ2) is 10.2. The first kappa shape index (κ1) is 20.2. The molecule has 148 valence electrons. The predicted molar refractivity (Wildman–Crippen MR) is 111 cm³/mol. The van der Waals surface area contributed by atoms with Crippen LogP contribution in [0.2, 0.25) is 0 Å². The highest BCUT2D eigenvalue weighted by atomic mass is 32.2. The molecule has 1 aromatic carbocycles. The van der Waals surface area contributed by atoms with Crippen molar-refractivity contribution in [2.45, 2.75) is 56.8 Å². The number of benzene rings is 1. The second-order valence-electron chi connectivity index (χ2n) is 7.75. The number of thioether (sulfide) groups is 1. The van der Waals surface area contributed by atoms with E-state index in [0.29, 0.717) is 5.75 Å². The molecule has 3 rings (SSSR count). The maximum absolute atomic E-state index is 13.2. The Kier molecular flexibility index (Phi) is 7.62. The van der Waals surface area contributed by atoms with Crippen LogP contribution in [0.3, 0.4) is 0 Å². The fourth-order valence-electron chi connectivity index (χ4n) is 4.20. The Morgan fingerprint density at radius 3 is 2.52 bits per heavy atom. The third-order valence-corrected chi connectivity index (χ3v) is 6.82. The predicted octanol–water partition coefficient (Wildman–Crippen LogP) is 4.44. The van der Waals surface area contributed by atoms with Crippen molar-refractivity contribution in [3.63, 3.8) is 0 Å². The van der Waals surface area contributed by atoms with E-state index in [2.05, 4.69) is 6.92 Å². The number of carbonyl (C=O) groups is 2. The molecule has 2 fully saturated rings. The van der Waals surface area contributed by atoms with E-state index in [1.54, 1.807) is 0 Å². The number of likely N-dealkylation sites (tertiary alicyclic amines) is 2. The molecule has 2 aliphatic rings. The average molecular weight is 389 g/mol. The lowest BCUT2D eigenvalue weighted by atomic mass is 9.96. The van der Waals surface area contributed by atoms with Gasteiger partial charge in [-0.1, -0.05) is 31.9 Å². The minimum atomic E-state index is 0.129. The summed E-state index contributed by atoms with van der Waals surface area (Å²) in [6.45, 7) is 5.71. The van der Waals surface area contributed by atoms with Crippen LogP contribution < -0.4 is 0 Å². The van der Waals surface area contributed by atoms with Gasteiger partial charge in [0.05, 0.1) is 11.3 Å². The van der Waals surface area contributed by atoms with Crippen LogP contribution in [0, 0.1) is 5.92 Å². The van der Waals surface area contributed by atoms with E-state index < -0.39 is 0 Å². The standard InChI is InChI=1S/C22H32N2O2S/c1-2-8-18-9-7-15-24(16-12-18)22(26)19-10-3-4-11-20(19)27-17-21(25)23-13-5-6-14-23/h3-4,10-11,18H,2,5-9,12-17H2,1H3. The molecule has 1 aromatic rings. The van der Waals surface area contributed by atoms with E-state index in [4.69, 9.17) is 0 Å². The summed E-state index contributed by atoms with van der Waals surface area (Å²) in [5, 5.41) is 0. The average Bonchev–Trinajstić information content (AvgIpc) is 3.13. The Hall–Kier alpha value is -1.49. The molecule has 1 unspecified atom stereocenters. The van der Waals surface area contributed by atoms with Crippen molar-refractivity contribution < 1.29 is 9.59 Å². The lowest BCUT2D eigenvalue weighted by Crippen LogP contribution is -2.32. The van der Waals surface area contributed by atoms with Crippen LogP contribution in [0.5, 0.6) is 0 Å². The minimum absolute atomic E-state index is 0.129. The molecule has 5 heteroatoms. The van der Waals surface area contributed by atoms with Gasteiger partial charge in [0.15, 0.2) is 0 Å². The molecule has 0 radical (unpaired) electrons. The van der Waals surface area contributed by atoms with Crippen molar-refractivity contribution in [3.05, 3.63) is 29.8 Å². The topological polar surface area (TPSA) is 40.6 Å². The molecule has 2 heterocycles. The van der Waals surface area contributed by atoms with E-state index in [0.717, 1.165) is 68.2 Å². The van der Waals surface area contributed by atoms with Crippen molar-refractivity contribution in [1.82, 2.24) is 9.80 Å². The van der Waals surface area contributed by atoms with Crippen LogP contribution in [-0.2, 0) is 4.79 Å². The van der Waals surface area contributed by atoms with E-state index in [1.165, 1.54) is 31.0 Å². The number of nitrogens with zero attached hydrogens (tertiary/aromatic N) is 2. The van der Waals surface area contributed by atoms with Crippen molar-refractivity contribution >= 4 is 23.6 Å². The molecule has 0 bridgehead atoms. The Morgan fingerprint density at radius 2 is 1.74 bits per heavy atom. The minimum Gasteiger partial charge on any atom is -0.342 e. The highest BCUT2D eigenvalue weighted by molar-refractivity contribution is 8.00. The van der Waals surface area contributed by atoms with Gasteiger partial charge in [0.25, 0.3) is 5.91 Å². The fraction of sp³-hybridized carbons (Fsp3) is 0.636. The van der Waals surface area contributed by atoms with Gasteiger partial charge in [0, 0.05) is 31.1 Å². The summed E-state index contributed by atoms with van der Waals surface area (Å²) in [6.07, 6.45) is 8.16. The van der Waals surface area contributed by atoms with Gasteiger partial charge in [-0.3, -0.25) is 9.59 Å². The number of amides is 2. The van der Waals surface area contributed by atoms with Gasteiger partial charge in [0.1, 0.15) is 0 Å². The third-order valence-electron chi connectivity index (χ3n) is 5.76. The molecule has 0 aliphatic carbocycles. The molecule has 0 spiro atoms. The van der Waals surface area contributed by atoms with E-state index in [-0.39, 0.29) is 11.8 Å². The van der Waals surface area contributed by atoms with Crippen molar-refractivity contribution in [1.29, 1.82) is 0 Å². The van der Waals surface area contributed by atoms with Crippen LogP contribution in [0.4, 0.5) is 0 Å². The van der Waals surface area contributed by atoms with Gasteiger partial charge in [-0.2, -0.15) is 0 Å². The summed E-state index contributed by atoms with van der Waals surface area (Å²) in [5.74, 6) is 1.50. The van der Waals surface area contributed by atoms with Crippen LogP contribution >= 0.6 is 11.8 Å². The van der Waals surface area contributed by atoms with Crippen LogP contribution in [0.1, 0.15) is 62.2 Å². The lowest BCUT2D eigenvalue weighted by molar-refractivity contribution is -0.127. The Balaban J connectivity index is 1.62. The Bertz CT molecular complexity index is 643. The van der Waals surface area contributed by atoms with Crippen molar-refractivity contribution in [2.75, 3.05) is 31.9 Å². The summed E-state index contributed by atoms with van der Waals surface area (Å²) in [5.41, 5.74) is 0.755. The van der Waals surface area contributed by atoms with Crippen LogP contribution in [0.25, 0.3) is 0 Å². The van der Waals surface area contributed by atoms with Gasteiger partial charge in [0.2, 0.25) is 5.91 Å². The first-order valence-corrected chi connectivity index (χ1v) is 11.5. The van der Waals surface area contributed by atoms with Crippen molar-refractivity contribution in [2.24, 2.45) is 5.92 Å². The zero-order chi connectivity index (χ0) is 19.1. The van der Waals surface area contributed by atoms with Crippen LogP contribution in [-0.4, -0.2) is 53.5 Å². The molecule has 0 saturated carbocycles. The zero-order valence-corrected chi connectivity index (χ0v) is 17.3. The molecular formula is C22H32N2O2S. The number of hydrogen-bond acceptors (Lipinski definition) is 3. The first-order chi connectivity index (χ1) is 13.2. The summed E-state index contributed by atoms with van der Waals surface area (Å²) >= 11 is 1.51. The highest BCUT2D eigenvalue weighted by Crippen LogP contribution is 2.27. The maximum Gasteiger partial charge on any atom is 0.254 e. The van der Waals surface area contributed by atoms with E-state index >= 15 is 0 Å². The number of rotatable bonds is 6. The Labute approximate surface area is 167 Å². The van der Waals surface area contributed by atoms with Crippen molar-refractivity contribution in [3.8, 4) is 0 Å². The molecule has 2 saturated heterocycles. The third kappa shape index (κ3) is 5.50. The van der Waals surface area contributed by atoms with Gasteiger partial charge >= 0.3 is 0 Å². The SMILES string of the molecule is CCCC1CCCN(C(=O)c2ccccc2SCC(=O)N2CCCC2)CC1. The first-order valence-electron chi connectivity index (χ1n) is 10.5. The summed E-state index contributed by atoms with van der Waals surface area (Å²) in [7, 11) is 0. The summed E-state index contributed by atoms with van der Waals surface area (Å²) in [4.78, 5) is 30.4. The highest BCUT2D eigenvalue weighted by Gasteiger charge is 2.24. The summed E-state index contributed by atoms with van der Waals surface area (Å²) < 4.78 is 0. The fourth-order valence-corrected chi connectivity index (χ4v) is 5.15. The lowest BCUT2D eigenvalue weighted by Gasteiger charge is -2.22. The van der Waals surface area contributed by atoms with E-state index in [9.17, 15) is 9.59 Å². The largest absolute Gasteiger partial charge is 0.342 e. The molecule has 2 aliphatic heterocycles. The monoisotopic (exact) mass is 388 g/mol. The molecule has 2 amide bonds. The van der Waals surface area contributed by atoms with Gasteiger partial charge < -0.3 is 9.80 Å². The molecular weight excluding hydrogens is 356 g/mol. The normalized spacial score (nSPS) is 20.6. The van der Waals surface area contributed by atoms with Gasteiger partial charge in [-0.05, 0) is 50.2 Å². The molecule has 4 nitrogen and oxygen atoms in total. The zero-order valence-electron chi connectivity index (χ0n) is 16.5. The van der Waals surface area contributed by atoms with Gasteiger partial charge in [-0.15, -0.1) is 11.8 Å². The van der Waals surface area contributed by atoms with Crippen LogP contribution in [0.15, 0.2) is 29.2 Å². The molecule has 1 atom stereocenters. The molecule has 27 heavy (non-hydrogen) atoms. The maximum atomic E-state index is 13.2. The number of carbonyl (C=O) groups excluding carboxylic acids is 2. The second-order valence-corrected chi connectivity index (χ2v) is 8.77.